The molecule has 1 heterocycles. The molecule has 1 atom stereocenters. The Hall–Kier alpha value is -2.86. The highest BCUT2D eigenvalue weighted by Gasteiger charge is 2.22. The summed E-state index contributed by atoms with van der Waals surface area (Å²) < 4.78 is 11.5. The van der Waals surface area contributed by atoms with Crippen molar-refractivity contribution in [3.63, 3.8) is 0 Å². The van der Waals surface area contributed by atoms with Crippen LogP contribution in [0.4, 0.5) is 5.69 Å². The van der Waals surface area contributed by atoms with Crippen LogP contribution in [0.2, 0.25) is 0 Å². The first-order chi connectivity index (χ1) is 12.5. The van der Waals surface area contributed by atoms with Crippen LogP contribution in [0.25, 0.3) is 10.1 Å². The number of methoxy groups -OCH3 is 1. The molecule has 0 aliphatic rings. The third-order valence-electron chi connectivity index (χ3n) is 4.02. The van der Waals surface area contributed by atoms with Gasteiger partial charge in [-0.25, -0.2) is 4.79 Å². The quantitative estimate of drug-likeness (QED) is 0.677. The maximum atomic E-state index is 12.5. The predicted molar refractivity (Wildman–Crippen MR) is 103 cm³/mol. The topological polar surface area (TPSA) is 64.6 Å². The van der Waals surface area contributed by atoms with E-state index in [1.807, 2.05) is 31.2 Å². The van der Waals surface area contributed by atoms with Crippen LogP contribution in [0.3, 0.4) is 0 Å². The summed E-state index contributed by atoms with van der Waals surface area (Å²) in [6.45, 7) is 3.44. The average Bonchev–Trinajstić information content (AvgIpc) is 2.99. The number of anilines is 1. The van der Waals surface area contributed by atoms with Crippen molar-refractivity contribution < 1.29 is 19.1 Å². The van der Waals surface area contributed by atoms with Gasteiger partial charge in [-0.15, -0.1) is 11.3 Å². The van der Waals surface area contributed by atoms with Crippen molar-refractivity contribution >= 4 is 39.0 Å². The summed E-state index contributed by atoms with van der Waals surface area (Å²) in [6.07, 6.45) is -0.918. The number of carbonyl (C=O) groups excluding carboxylic acids is 2. The van der Waals surface area contributed by atoms with E-state index in [0.29, 0.717) is 16.3 Å². The molecule has 0 radical (unpaired) electrons. The van der Waals surface area contributed by atoms with E-state index in [1.165, 1.54) is 11.3 Å². The molecular formula is C20H19NO4S. The maximum Gasteiger partial charge on any atom is 0.349 e. The SMILES string of the molecule is COc1cccc(NC(=O)[C@H](C)OC(=O)c2sc3ccccc3c2C)c1. The first-order valence-corrected chi connectivity index (χ1v) is 8.95. The Bertz CT molecular complexity index is 963. The number of hydrogen-bond acceptors (Lipinski definition) is 5. The lowest BCUT2D eigenvalue weighted by atomic mass is 10.1. The molecule has 6 heteroatoms. The zero-order chi connectivity index (χ0) is 18.7. The molecule has 0 saturated heterocycles. The van der Waals surface area contributed by atoms with Gasteiger partial charge in [0.05, 0.1) is 7.11 Å². The van der Waals surface area contributed by atoms with E-state index in [-0.39, 0.29) is 0 Å². The van der Waals surface area contributed by atoms with E-state index in [2.05, 4.69) is 5.32 Å². The Labute approximate surface area is 155 Å². The molecule has 0 aliphatic carbocycles. The average molecular weight is 369 g/mol. The van der Waals surface area contributed by atoms with E-state index in [9.17, 15) is 9.59 Å². The van der Waals surface area contributed by atoms with Crippen molar-refractivity contribution in [2.75, 3.05) is 12.4 Å². The molecule has 5 nitrogen and oxygen atoms in total. The number of carbonyl (C=O) groups is 2. The normalized spacial score (nSPS) is 11.8. The number of ether oxygens (including phenoxy) is 2. The number of esters is 1. The van der Waals surface area contributed by atoms with E-state index in [4.69, 9.17) is 9.47 Å². The molecule has 2 aromatic carbocycles. The van der Waals surface area contributed by atoms with Crippen molar-refractivity contribution in [3.05, 3.63) is 59.0 Å². The minimum Gasteiger partial charge on any atom is -0.497 e. The maximum absolute atomic E-state index is 12.5. The summed E-state index contributed by atoms with van der Waals surface area (Å²) in [4.78, 5) is 25.3. The number of rotatable bonds is 5. The lowest BCUT2D eigenvalue weighted by Gasteiger charge is -2.13. The molecule has 1 aromatic heterocycles. The number of aryl methyl sites for hydroxylation is 1. The van der Waals surface area contributed by atoms with Gasteiger partial charge in [-0.1, -0.05) is 24.3 Å². The smallest absolute Gasteiger partial charge is 0.349 e. The summed E-state index contributed by atoms with van der Waals surface area (Å²) >= 11 is 1.37. The largest absolute Gasteiger partial charge is 0.497 e. The molecule has 3 rings (SSSR count). The van der Waals surface area contributed by atoms with E-state index < -0.39 is 18.0 Å². The molecule has 0 aliphatic heterocycles. The Morgan fingerprint density at radius 1 is 1.12 bits per heavy atom. The van der Waals surface area contributed by atoms with Crippen LogP contribution in [0.15, 0.2) is 48.5 Å². The van der Waals surface area contributed by atoms with Gasteiger partial charge in [0.2, 0.25) is 0 Å². The molecule has 1 N–H and O–H groups in total. The van der Waals surface area contributed by atoms with Crippen molar-refractivity contribution in [2.45, 2.75) is 20.0 Å². The highest BCUT2D eigenvalue weighted by atomic mass is 32.1. The van der Waals surface area contributed by atoms with Crippen LogP contribution in [0, 0.1) is 6.92 Å². The van der Waals surface area contributed by atoms with Crippen molar-refractivity contribution in [3.8, 4) is 5.75 Å². The third-order valence-corrected chi connectivity index (χ3v) is 5.27. The summed E-state index contributed by atoms with van der Waals surface area (Å²) in [5.41, 5.74) is 1.45. The second-order valence-electron chi connectivity index (χ2n) is 5.82. The van der Waals surface area contributed by atoms with Gasteiger partial charge in [-0.05, 0) is 43.0 Å². The Morgan fingerprint density at radius 3 is 2.62 bits per heavy atom. The number of thiophene rings is 1. The predicted octanol–water partition coefficient (Wildman–Crippen LogP) is 4.40. The molecule has 0 fully saturated rings. The fraction of sp³-hybridized carbons (Fsp3) is 0.200. The lowest BCUT2D eigenvalue weighted by Crippen LogP contribution is -2.29. The number of fused-ring (bicyclic) bond motifs is 1. The van der Waals surface area contributed by atoms with Gasteiger partial charge in [0.1, 0.15) is 10.6 Å². The second-order valence-corrected chi connectivity index (χ2v) is 6.87. The molecule has 134 valence electrons. The van der Waals surface area contributed by atoms with Crippen LogP contribution >= 0.6 is 11.3 Å². The molecule has 0 bridgehead atoms. The lowest BCUT2D eigenvalue weighted by molar-refractivity contribution is -0.123. The Kier molecular flexibility index (Phi) is 5.23. The molecular weight excluding hydrogens is 350 g/mol. The standard InChI is InChI=1S/C20H19NO4S/c1-12-16-9-4-5-10-17(16)26-18(12)20(23)25-13(2)19(22)21-14-7-6-8-15(11-14)24-3/h4-11,13H,1-3H3,(H,21,22)/t13-/m0/s1. The first-order valence-electron chi connectivity index (χ1n) is 8.13. The zero-order valence-corrected chi connectivity index (χ0v) is 15.6. The molecule has 0 unspecified atom stereocenters. The van der Waals surface area contributed by atoms with E-state index in [1.54, 1.807) is 38.3 Å². The number of benzene rings is 2. The number of nitrogens with one attached hydrogen (secondary N) is 1. The summed E-state index contributed by atoms with van der Waals surface area (Å²) in [5, 5.41) is 3.75. The van der Waals surface area contributed by atoms with Gasteiger partial charge < -0.3 is 14.8 Å². The third kappa shape index (κ3) is 3.70. The van der Waals surface area contributed by atoms with Crippen molar-refractivity contribution in [1.82, 2.24) is 0 Å². The van der Waals surface area contributed by atoms with Crippen LogP contribution < -0.4 is 10.1 Å². The summed E-state index contributed by atoms with van der Waals surface area (Å²) in [7, 11) is 1.55. The molecule has 0 spiro atoms. The fourth-order valence-corrected chi connectivity index (χ4v) is 3.67. The van der Waals surface area contributed by atoms with Gasteiger partial charge in [-0.2, -0.15) is 0 Å². The summed E-state index contributed by atoms with van der Waals surface area (Å²) in [5.74, 6) is -0.254. The van der Waals surface area contributed by atoms with Crippen LogP contribution in [0.5, 0.6) is 5.75 Å². The highest BCUT2D eigenvalue weighted by Crippen LogP contribution is 2.31. The van der Waals surface area contributed by atoms with Gasteiger partial charge in [0, 0.05) is 16.5 Å². The minimum absolute atomic E-state index is 0.398. The molecule has 0 saturated carbocycles. The number of amides is 1. The van der Waals surface area contributed by atoms with Crippen molar-refractivity contribution in [2.24, 2.45) is 0 Å². The Morgan fingerprint density at radius 2 is 1.88 bits per heavy atom. The van der Waals surface area contributed by atoms with E-state index >= 15 is 0 Å². The molecule has 1 amide bonds. The minimum atomic E-state index is -0.918. The van der Waals surface area contributed by atoms with Gasteiger partial charge in [-0.3, -0.25) is 4.79 Å². The van der Waals surface area contributed by atoms with E-state index in [0.717, 1.165) is 15.6 Å². The van der Waals surface area contributed by atoms with Crippen molar-refractivity contribution in [1.29, 1.82) is 0 Å². The zero-order valence-electron chi connectivity index (χ0n) is 14.7. The van der Waals surface area contributed by atoms with Crippen LogP contribution in [-0.4, -0.2) is 25.1 Å². The van der Waals surface area contributed by atoms with Gasteiger partial charge in [0.15, 0.2) is 6.10 Å². The molecule has 26 heavy (non-hydrogen) atoms. The first kappa shape index (κ1) is 17.9. The molecule has 3 aromatic rings. The summed E-state index contributed by atoms with van der Waals surface area (Å²) in [6, 6.07) is 14.8. The Balaban J connectivity index is 1.69. The van der Waals surface area contributed by atoms with Crippen LogP contribution in [-0.2, 0) is 9.53 Å². The van der Waals surface area contributed by atoms with Crippen LogP contribution in [0.1, 0.15) is 22.2 Å². The van der Waals surface area contributed by atoms with Gasteiger partial charge in [0.25, 0.3) is 5.91 Å². The van der Waals surface area contributed by atoms with Gasteiger partial charge >= 0.3 is 5.97 Å². The number of hydrogen-bond donors (Lipinski definition) is 1. The fourth-order valence-electron chi connectivity index (χ4n) is 2.58. The monoisotopic (exact) mass is 369 g/mol. The highest BCUT2D eigenvalue weighted by molar-refractivity contribution is 7.21. The second kappa shape index (κ2) is 7.58.